The lowest BCUT2D eigenvalue weighted by atomic mass is 9.98. The van der Waals surface area contributed by atoms with Crippen LogP contribution >= 0.6 is 0 Å². The molecule has 4 aromatic heterocycles. The zero-order chi connectivity index (χ0) is 35.6. The van der Waals surface area contributed by atoms with Crippen molar-refractivity contribution in [1.29, 1.82) is 0 Å². The van der Waals surface area contributed by atoms with E-state index in [4.69, 9.17) is 28.8 Å². The number of benzene rings is 7. The van der Waals surface area contributed by atoms with E-state index in [1.807, 2.05) is 97.1 Å². The quantitative estimate of drug-likeness (QED) is 0.179. The zero-order valence-corrected chi connectivity index (χ0v) is 28.8. The number of nitrogens with zero attached hydrogens (tertiary/aromatic N) is 4. The van der Waals surface area contributed by atoms with E-state index in [0.717, 1.165) is 93.9 Å². The highest BCUT2D eigenvalue weighted by atomic mass is 16.3. The van der Waals surface area contributed by atoms with Crippen LogP contribution < -0.4 is 0 Å². The van der Waals surface area contributed by atoms with E-state index in [1.54, 1.807) is 0 Å². The lowest BCUT2D eigenvalue weighted by Crippen LogP contribution is -2.00. The molecule has 0 radical (unpaired) electrons. The minimum atomic E-state index is 0.603. The second kappa shape index (κ2) is 12.1. The molecule has 0 fully saturated rings. The van der Waals surface area contributed by atoms with E-state index >= 15 is 0 Å². The first-order valence-electron chi connectivity index (χ1n) is 17.9. The van der Waals surface area contributed by atoms with E-state index in [1.165, 1.54) is 0 Å². The fourth-order valence-electron chi connectivity index (χ4n) is 7.53. The Hall–Kier alpha value is -7.44. The Morgan fingerprint density at radius 2 is 0.852 bits per heavy atom. The standard InChI is InChI=1S/C48H28N4O2/c1-3-12-30(13-4-1)46-50-47(31-14-5-2-6-15-31)52-48(51-46)32-24-22-29(23-25-32)43-42-37-17-8-10-21-41(37)54-45(42)38-28-33(26-27-39(38)49-43)34-18-11-19-36-35-16-7-9-20-40(35)53-44(34)36/h1-28H. The van der Waals surface area contributed by atoms with Gasteiger partial charge in [0.2, 0.25) is 0 Å². The van der Waals surface area contributed by atoms with Crippen LogP contribution in [0, 0.1) is 0 Å². The number of rotatable bonds is 5. The molecule has 7 aromatic carbocycles. The van der Waals surface area contributed by atoms with Gasteiger partial charge in [0.05, 0.1) is 16.6 Å². The predicted molar refractivity (Wildman–Crippen MR) is 217 cm³/mol. The SMILES string of the molecule is c1ccc(-c2nc(-c3ccccc3)nc(-c3ccc(-c4nc5ccc(-c6cccc7c6oc6ccccc67)cc5c5oc6ccccc6c45)cc3)n2)cc1. The molecule has 6 nitrogen and oxygen atoms in total. The molecule has 0 spiro atoms. The molecule has 252 valence electrons. The molecular weight excluding hydrogens is 665 g/mol. The lowest BCUT2D eigenvalue weighted by molar-refractivity contribution is 0.670. The van der Waals surface area contributed by atoms with Gasteiger partial charge in [0.25, 0.3) is 0 Å². The Labute approximate surface area is 309 Å². The molecular formula is C48H28N4O2. The van der Waals surface area contributed by atoms with Gasteiger partial charge in [0, 0.05) is 49.4 Å². The van der Waals surface area contributed by atoms with E-state index < -0.39 is 0 Å². The third-order valence-electron chi connectivity index (χ3n) is 10.1. The molecule has 0 unspecified atom stereocenters. The monoisotopic (exact) mass is 692 g/mol. The van der Waals surface area contributed by atoms with Crippen LogP contribution in [-0.4, -0.2) is 19.9 Å². The number of aromatic nitrogens is 4. The zero-order valence-electron chi connectivity index (χ0n) is 28.8. The van der Waals surface area contributed by atoms with Crippen LogP contribution in [0.2, 0.25) is 0 Å². The number of hydrogen-bond acceptors (Lipinski definition) is 6. The van der Waals surface area contributed by atoms with Crippen LogP contribution in [0.5, 0.6) is 0 Å². The Morgan fingerprint density at radius 3 is 1.54 bits per heavy atom. The Balaban J connectivity index is 1.06. The summed E-state index contributed by atoms with van der Waals surface area (Å²) in [5.41, 5.74) is 10.8. The molecule has 0 saturated carbocycles. The van der Waals surface area contributed by atoms with Gasteiger partial charge in [0.15, 0.2) is 17.5 Å². The molecule has 4 heterocycles. The Bertz CT molecular complexity index is 3150. The van der Waals surface area contributed by atoms with E-state index in [0.29, 0.717) is 17.5 Å². The number of fused-ring (bicyclic) bond motifs is 8. The van der Waals surface area contributed by atoms with Crippen molar-refractivity contribution in [3.63, 3.8) is 0 Å². The average molecular weight is 693 g/mol. The first-order chi connectivity index (χ1) is 26.7. The van der Waals surface area contributed by atoms with Crippen LogP contribution in [0.15, 0.2) is 179 Å². The van der Waals surface area contributed by atoms with Gasteiger partial charge in [0.1, 0.15) is 22.3 Å². The molecule has 0 N–H and O–H groups in total. The third-order valence-corrected chi connectivity index (χ3v) is 10.1. The summed E-state index contributed by atoms with van der Waals surface area (Å²) in [6, 6.07) is 57.4. The van der Waals surface area contributed by atoms with Gasteiger partial charge in [-0.2, -0.15) is 0 Å². The molecule has 0 aliphatic rings. The average Bonchev–Trinajstić information content (AvgIpc) is 3.83. The fourth-order valence-corrected chi connectivity index (χ4v) is 7.53. The van der Waals surface area contributed by atoms with Crippen molar-refractivity contribution in [2.24, 2.45) is 0 Å². The van der Waals surface area contributed by atoms with Crippen molar-refractivity contribution in [1.82, 2.24) is 19.9 Å². The summed E-state index contributed by atoms with van der Waals surface area (Å²) in [7, 11) is 0. The molecule has 11 rings (SSSR count). The Kier molecular flexibility index (Phi) is 6.75. The molecule has 0 saturated heterocycles. The molecule has 0 aliphatic heterocycles. The summed E-state index contributed by atoms with van der Waals surface area (Å²) < 4.78 is 13.1. The summed E-state index contributed by atoms with van der Waals surface area (Å²) in [5.74, 6) is 1.86. The third kappa shape index (κ3) is 4.89. The molecule has 11 aromatic rings. The molecule has 0 atom stereocenters. The number of para-hydroxylation sites is 3. The van der Waals surface area contributed by atoms with Gasteiger partial charge in [-0.15, -0.1) is 0 Å². The van der Waals surface area contributed by atoms with Gasteiger partial charge >= 0.3 is 0 Å². The van der Waals surface area contributed by atoms with Crippen LogP contribution in [0.4, 0.5) is 0 Å². The van der Waals surface area contributed by atoms with Gasteiger partial charge in [-0.3, -0.25) is 0 Å². The van der Waals surface area contributed by atoms with E-state index in [2.05, 4.69) is 72.8 Å². The summed E-state index contributed by atoms with van der Waals surface area (Å²) in [6.07, 6.45) is 0. The number of furan rings is 2. The van der Waals surface area contributed by atoms with Crippen molar-refractivity contribution in [2.75, 3.05) is 0 Å². The smallest absolute Gasteiger partial charge is 0.164 e. The van der Waals surface area contributed by atoms with Crippen LogP contribution in [0.25, 0.3) is 111 Å². The maximum absolute atomic E-state index is 6.67. The summed E-state index contributed by atoms with van der Waals surface area (Å²) in [6.45, 7) is 0. The Morgan fingerprint density at radius 1 is 0.333 bits per heavy atom. The predicted octanol–water partition coefficient (Wildman–Crippen LogP) is 12.6. The number of pyridine rings is 1. The van der Waals surface area contributed by atoms with Gasteiger partial charge in [-0.25, -0.2) is 19.9 Å². The normalized spacial score (nSPS) is 11.7. The van der Waals surface area contributed by atoms with Crippen molar-refractivity contribution < 1.29 is 8.83 Å². The van der Waals surface area contributed by atoms with Crippen LogP contribution in [0.3, 0.4) is 0 Å². The lowest BCUT2D eigenvalue weighted by Gasteiger charge is -2.10. The van der Waals surface area contributed by atoms with Crippen molar-refractivity contribution in [3.05, 3.63) is 170 Å². The van der Waals surface area contributed by atoms with Crippen LogP contribution in [-0.2, 0) is 0 Å². The molecule has 6 heteroatoms. The molecule has 54 heavy (non-hydrogen) atoms. The summed E-state index contributed by atoms with van der Waals surface area (Å²) in [4.78, 5) is 20.0. The van der Waals surface area contributed by atoms with Gasteiger partial charge in [-0.05, 0) is 29.8 Å². The van der Waals surface area contributed by atoms with Crippen molar-refractivity contribution in [3.8, 4) is 56.5 Å². The highest BCUT2D eigenvalue weighted by molar-refractivity contribution is 6.20. The molecule has 0 bridgehead atoms. The van der Waals surface area contributed by atoms with Gasteiger partial charge in [-0.1, -0.05) is 146 Å². The minimum Gasteiger partial charge on any atom is -0.455 e. The maximum Gasteiger partial charge on any atom is 0.164 e. The first kappa shape index (κ1) is 30.2. The van der Waals surface area contributed by atoms with Gasteiger partial charge < -0.3 is 8.83 Å². The topological polar surface area (TPSA) is 77.8 Å². The summed E-state index contributed by atoms with van der Waals surface area (Å²) in [5, 5.41) is 5.14. The maximum atomic E-state index is 6.67. The molecule has 0 aliphatic carbocycles. The number of hydrogen-bond donors (Lipinski definition) is 0. The largest absolute Gasteiger partial charge is 0.455 e. The van der Waals surface area contributed by atoms with Crippen LogP contribution in [0.1, 0.15) is 0 Å². The second-order valence-electron chi connectivity index (χ2n) is 13.4. The summed E-state index contributed by atoms with van der Waals surface area (Å²) >= 11 is 0. The highest BCUT2D eigenvalue weighted by Gasteiger charge is 2.20. The van der Waals surface area contributed by atoms with E-state index in [9.17, 15) is 0 Å². The molecule has 0 amide bonds. The highest BCUT2D eigenvalue weighted by Crippen LogP contribution is 2.42. The minimum absolute atomic E-state index is 0.603. The van der Waals surface area contributed by atoms with Crippen molar-refractivity contribution >= 4 is 54.8 Å². The fraction of sp³-hybridized carbons (Fsp3) is 0. The second-order valence-corrected chi connectivity index (χ2v) is 13.4. The van der Waals surface area contributed by atoms with E-state index in [-0.39, 0.29) is 0 Å². The first-order valence-corrected chi connectivity index (χ1v) is 17.9. The van der Waals surface area contributed by atoms with Crippen molar-refractivity contribution in [2.45, 2.75) is 0 Å².